The highest BCUT2D eigenvalue weighted by molar-refractivity contribution is 6.67. The maximum Gasteiger partial charge on any atom is 0.410 e. The van der Waals surface area contributed by atoms with E-state index in [-0.39, 0.29) is 28.9 Å². The van der Waals surface area contributed by atoms with Gasteiger partial charge in [-0.25, -0.2) is 4.79 Å². The zero-order chi connectivity index (χ0) is 18.3. The summed E-state index contributed by atoms with van der Waals surface area (Å²) in [6.45, 7) is 4.59. The van der Waals surface area contributed by atoms with Crippen LogP contribution in [-0.4, -0.2) is 39.3 Å². The van der Waals surface area contributed by atoms with Crippen LogP contribution >= 0.6 is 34.8 Å². The van der Waals surface area contributed by atoms with Gasteiger partial charge in [0.05, 0.1) is 5.54 Å². The fraction of sp³-hybridized carbons (Fsp3) is 0.889. The second-order valence-corrected chi connectivity index (χ2v) is 11.7. The first kappa shape index (κ1) is 18.2. The molecule has 2 bridgehead atoms. The smallest absolute Gasteiger partial charge is 0.410 e. The number of carbonyl (C=O) groups is 2. The molecule has 5 fully saturated rings. The summed E-state index contributed by atoms with van der Waals surface area (Å²) in [5, 5.41) is 0. The van der Waals surface area contributed by atoms with Crippen LogP contribution in [0.15, 0.2) is 0 Å². The van der Waals surface area contributed by atoms with E-state index in [1.165, 1.54) is 6.42 Å². The number of ether oxygens (including phenoxy) is 1. The van der Waals surface area contributed by atoms with E-state index in [0.717, 1.165) is 25.7 Å². The predicted octanol–water partition coefficient (Wildman–Crippen LogP) is 4.74. The standard InChI is InChI=1S/C18H24Cl3NO3/c1-15(2)7-11(23)13-16-6-4-3-5-12(16)17(13,8-15)22(9-16)14(24)25-10-18(19,20)21/h12-13H,3-10H2,1-2H3/t12?,13-,16+,17-/m1/s1. The molecule has 3 aliphatic carbocycles. The third-order valence-corrected chi connectivity index (χ3v) is 7.36. The summed E-state index contributed by atoms with van der Waals surface area (Å²) in [5.41, 5.74) is -0.524. The molecule has 0 aromatic rings. The molecule has 3 saturated carbocycles. The number of hydrogen-bond donors (Lipinski definition) is 0. The Morgan fingerprint density at radius 3 is 2.72 bits per heavy atom. The largest absolute Gasteiger partial charge is 0.445 e. The number of ketones is 1. The van der Waals surface area contributed by atoms with Gasteiger partial charge in [0.25, 0.3) is 0 Å². The normalized spacial score (nSPS) is 41.6. The van der Waals surface area contributed by atoms with E-state index in [4.69, 9.17) is 39.5 Å². The van der Waals surface area contributed by atoms with Crippen molar-refractivity contribution in [2.24, 2.45) is 22.7 Å². The minimum Gasteiger partial charge on any atom is -0.445 e. The summed E-state index contributed by atoms with van der Waals surface area (Å²) in [7, 11) is 0. The molecule has 0 radical (unpaired) electrons. The van der Waals surface area contributed by atoms with Gasteiger partial charge >= 0.3 is 6.09 Å². The van der Waals surface area contributed by atoms with Crippen molar-refractivity contribution in [3.8, 4) is 0 Å². The first-order valence-corrected chi connectivity index (χ1v) is 10.2. The minimum atomic E-state index is -1.62. The summed E-state index contributed by atoms with van der Waals surface area (Å²) in [6, 6.07) is 0. The molecule has 0 N–H and O–H groups in total. The van der Waals surface area contributed by atoms with Gasteiger partial charge < -0.3 is 9.64 Å². The molecule has 2 spiro atoms. The van der Waals surface area contributed by atoms with Crippen molar-refractivity contribution >= 4 is 46.7 Å². The van der Waals surface area contributed by atoms with Crippen LogP contribution in [0.3, 0.4) is 0 Å². The lowest BCUT2D eigenvalue weighted by Crippen LogP contribution is -2.73. The van der Waals surface area contributed by atoms with Crippen molar-refractivity contribution < 1.29 is 14.3 Å². The zero-order valence-electron chi connectivity index (χ0n) is 14.6. The molecule has 2 saturated heterocycles. The SMILES string of the molecule is CC1(C)CC(=O)[C@@H]2[C@]34CCCCC3[C@@]2(C1)N(C(=O)OCC(Cl)(Cl)Cl)C4. The van der Waals surface area contributed by atoms with Crippen LogP contribution < -0.4 is 0 Å². The molecule has 7 heteroatoms. The van der Waals surface area contributed by atoms with E-state index in [0.29, 0.717) is 24.7 Å². The molecule has 5 rings (SSSR count). The lowest BCUT2D eigenvalue weighted by molar-refractivity contribution is -0.182. The van der Waals surface area contributed by atoms with Crippen LogP contribution in [0.4, 0.5) is 4.79 Å². The van der Waals surface area contributed by atoms with E-state index in [9.17, 15) is 9.59 Å². The Balaban J connectivity index is 1.67. The second kappa shape index (κ2) is 5.42. The summed E-state index contributed by atoms with van der Waals surface area (Å²) in [4.78, 5) is 27.7. The number of carbonyl (C=O) groups excluding carboxylic acids is 2. The molecule has 140 valence electrons. The van der Waals surface area contributed by atoms with E-state index >= 15 is 0 Å². The van der Waals surface area contributed by atoms with Crippen LogP contribution in [0.5, 0.6) is 0 Å². The number of nitrogens with zero attached hydrogens (tertiary/aromatic N) is 1. The van der Waals surface area contributed by atoms with Crippen LogP contribution in [0.25, 0.3) is 0 Å². The van der Waals surface area contributed by atoms with Crippen molar-refractivity contribution in [1.82, 2.24) is 4.90 Å². The number of alkyl halides is 3. The molecule has 1 amide bonds. The highest BCUT2D eigenvalue weighted by atomic mass is 35.6. The maximum absolute atomic E-state index is 13.0. The third-order valence-electron chi connectivity index (χ3n) is 7.03. The Labute approximate surface area is 163 Å². The summed E-state index contributed by atoms with van der Waals surface area (Å²) in [6.07, 6.45) is 5.45. The predicted molar refractivity (Wildman–Crippen MR) is 97.0 cm³/mol. The van der Waals surface area contributed by atoms with E-state index in [2.05, 4.69) is 13.8 Å². The van der Waals surface area contributed by atoms with E-state index < -0.39 is 9.89 Å². The topological polar surface area (TPSA) is 46.6 Å². The van der Waals surface area contributed by atoms with E-state index in [1.54, 1.807) is 0 Å². The average molecular weight is 409 g/mol. The van der Waals surface area contributed by atoms with Gasteiger partial charge in [-0.15, -0.1) is 0 Å². The summed E-state index contributed by atoms with van der Waals surface area (Å²) in [5.74, 6) is 0.701. The number of hydrogen-bond acceptors (Lipinski definition) is 3. The highest BCUT2D eigenvalue weighted by Crippen LogP contribution is 2.76. The Morgan fingerprint density at radius 2 is 2.04 bits per heavy atom. The lowest BCUT2D eigenvalue weighted by atomic mass is 9.36. The van der Waals surface area contributed by atoms with Gasteiger partial charge in [-0.05, 0) is 30.6 Å². The molecule has 4 atom stereocenters. The van der Waals surface area contributed by atoms with Gasteiger partial charge in [0.1, 0.15) is 12.4 Å². The highest BCUT2D eigenvalue weighted by Gasteiger charge is 2.83. The van der Waals surface area contributed by atoms with Crippen molar-refractivity contribution in [1.29, 1.82) is 0 Å². The minimum absolute atomic E-state index is 0.0290. The number of amides is 1. The summed E-state index contributed by atoms with van der Waals surface area (Å²) >= 11 is 17.2. The Morgan fingerprint density at radius 1 is 1.32 bits per heavy atom. The molecule has 0 aromatic heterocycles. The van der Waals surface area contributed by atoms with Gasteiger partial charge in [0.2, 0.25) is 3.79 Å². The monoisotopic (exact) mass is 407 g/mol. The molecule has 1 unspecified atom stereocenters. The molecule has 2 aliphatic heterocycles. The Hall–Kier alpha value is -0.190. The van der Waals surface area contributed by atoms with E-state index in [1.807, 2.05) is 4.90 Å². The van der Waals surface area contributed by atoms with Crippen molar-refractivity contribution in [3.63, 3.8) is 0 Å². The number of rotatable bonds is 1. The molecule has 5 aliphatic rings. The third kappa shape index (κ3) is 2.46. The van der Waals surface area contributed by atoms with Crippen molar-refractivity contribution in [3.05, 3.63) is 0 Å². The fourth-order valence-corrected chi connectivity index (χ4v) is 6.97. The molecule has 4 nitrogen and oxygen atoms in total. The fourth-order valence-electron chi connectivity index (χ4n) is 6.81. The number of Topliss-reactive ketones (excluding diaryl/α,β-unsaturated/α-hetero) is 1. The van der Waals surface area contributed by atoms with Gasteiger partial charge in [-0.1, -0.05) is 61.5 Å². The lowest BCUT2D eigenvalue weighted by Gasteiger charge is -2.67. The first-order chi connectivity index (χ1) is 11.5. The van der Waals surface area contributed by atoms with Crippen LogP contribution in [0.1, 0.15) is 52.4 Å². The van der Waals surface area contributed by atoms with Crippen molar-refractivity contribution in [2.75, 3.05) is 13.2 Å². The van der Waals surface area contributed by atoms with Gasteiger partial charge in [-0.2, -0.15) is 0 Å². The second-order valence-electron chi connectivity index (χ2n) is 9.20. The molecule has 25 heavy (non-hydrogen) atoms. The number of halogens is 3. The van der Waals surface area contributed by atoms with Crippen molar-refractivity contribution in [2.45, 2.75) is 61.7 Å². The van der Waals surface area contributed by atoms with Gasteiger partial charge in [0, 0.05) is 24.3 Å². The van der Waals surface area contributed by atoms with Crippen LogP contribution in [-0.2, 0) is 9.53 Å². The summed E-state index contributed by atoms with van der Waals surface area (Å²) < 4.78 is 3.69. The first-order valence-electron chi connectivity index (χ1n) is 9.06. The Bertz CT molecular complexity index is 632. The van der Waals surface area contributed by atoms with Gasteiger partial charge in [-0.3, -0.25) is 4.79 Å². The zero-order valence-corrected chi connectivity index (χ0v) is 16.9. The average Bonchev–Trinajstić information content (AvgIpc) is 2.89. The van der Waals surface area contributed by atoms with Crippen LogP contribution in [0.2, 0.25) is 0 Å². The molecular formula is C18H24Cl3NO3. The molecule has 0 aromatic carbocycles. The van der Waals surface area contributed by atoms with Gasteiger partial charge in [0.15, 0.2) is 0 Å². The van der Waals surface area contributed by atoms with Crippen LogP contribution in [0, 0.1) is 22.7 Å². The Kier molecular flexibility index (Phi) is 3.94. The molecular weight excluding hydrogens is 385 g/mol. The maximum atomic E-state index is 13.0. The molecule has 2 heterocycles. The number of fused-ring (bicyclic) bond motifs is 1. The quantitative estimate of drug-likeness (QED) is 0.589.